The first kappa shape index (κ1) is 16.3. The first-order chi connectivity index (χ1) is 3.00. The Kier molecular flexibility index (Phi) is 20.7. The van der Waals surface area contributed by atoms with E-state index in [0.29, 0.717) is 0 Å². The number of hydrogen-bond acceptors (Lipinski definition) is 0. The second kappa shape index (κ2) is 11.4. The summed E-state index contributed by atoms with van der Waals surface area (Å²) in [6, 6.07) is 12.5. The normalized spacial score (nSPS) is 5.33. The standard InChI is InChI=1S/C6H5.ClH.H3P.Pd/c1-2-4-6-5-3-1;;;/h1-5H;1H;1H3;/q-1;;;+2/p-1. The zero-order valence-corrected chi connectivity index (χ0v) is 8.51. The molecule has 0 nitrogen and oxygen atoms in total. The largest absolute Gasteiger partial charge is 2.00 e. The van der Waals surface area contributed by atoms with E-state index in [9.17, 15) is 0 Å². The van der Waals surface area contributed by atoms with Gasteiger partial charge in [0.05, 0.1) is 0 Å². The molecule has 0 amide bonds. The molecule has 0 saturated carbocycles. The van der Waals surface area contributed by atoms with Crippen LogP contribution in [0.3, 0.4) is 0 Å². The van der Waals surface area contributed by atoms with Gasteiger partial charge in [-0.3, -0.25) is 0 Å². The van der Waals surface area contributed by atoms with Crippen molar-refractivity contribution >= 4 is 9.90 Å². The van der Waals surface area contributed by atoms with Crippen molar-refractivity contribution in [1.82, 2.24) is 0 Å². The van der Waals surface area contributed by atoms with Crippen molar-refractivity contribution < 1.29 is 32.8 Å². The van der Waals surface area contributed by atoms with Gasteiger partial charge < -0.3 is 12.4 Å². The van der Waals surface area contributed by atoms with Crippen LogP contribution in [0.4, 0.5) is 0 Å². The maximum atomic E-state index is 2.89. The van der Waals surface area contributed by atoms with E-state index in [0.717, 1.165) is 0 Å². The van der Waals surface area contributed by atoms with E-state index < -0.39 is 0 Å². The minimum Gasteiger partial charge on any atom is -1.00 e. The van der Waals surface area contributed by atoms with E-state index in [1.54, 1.807) is 0 Å². The minimum atomic E-state index is 0. The van der Waals surface area contributed by atoms with Gasteiger partial charge in [0, 0.05) is 0 Å². The smallest absolute Gasteiger partial charge is 1.00 e. The molecule has 1 aromatic carbocycles. The Balaban J connectivity index is -0.000000120. The van der Waals surface area contributed by atoms with Crippen molar-refractivity contribution in [2.75, 3.05) is 0 Å². The van der Waals surface area contributed by atoms with E-state index in [4.69, 9.17) is 0 Å². The molecule has 0 aliphatic heterocycles. The summed E-state index contributed by atoms with van der Waals surface area (Å²) in [6.07, 6.45) is 0. The predicted octanol–water partition coefficient (Wildman–Crippen LogP) is -1.45. The zero-order chi connectivity index (χ0) is 4.24. The molecule has 1 unspecified atom stereocenters. The molecule has 0 spiro atoms. The van der Waals surface area contributed by atoms with Crippen molar-refractivity contribution in [3.63, 3.8) is 0 Å². The molecule has 9 heavy (non-hydrogen) atoms. The Hall–Kier alpha value is 0.602. The van der Waals surface area contributed by atoms with Gasteiger partial charge in [0.15, 0.2) is 0 Å². The molecule has 0 N–H and O–H groups in total. The molecule has 3 heteroatoms. The van der Waals surface area contributed by atoms with E-state index in [2.05, 4.69) is 6.07 Å². The number of benzene rings is 1. The Labute approximate surface area is 79.1 Å². The van der Waals surface area contributed by atoms with Gasteiger partial charge in [-0.1, -0.05) is 0 Å². The second-order valence-corrected chi connectivity index (χ2v) is 1.08. The van der Waals surface area contributed by atoms with Crippen molar-refractivity contribution in [3.8, 4) is 0 Å². The molecule has 0 heterocycles. The maximum absolute atomic E-state index is 2.89. The van der Waals surface area contributed by atoms with Gasteiger partial charge in [-0.2, -0.15) is 46.3 Å². The summed E-state index contributed by atoms with van der Waals surface area (Å²) in [6.45, 7) is 0. The molecule has 0 bridgehead atoms. The molecule has 0 aliphatic rings. The van der Waals surface area contributed by atoms with Crippen LogP contribution in [0.15, 0.2) is 30.3 Å². The SMILES string of the molecule is P.[Cl-].[Pd+2].[c-]1ccccc1. The average molecular weight is 253 g/mol. The van der Waals surface area contributed by atoms with Crippen LogP contribution in [-0.2, 0) is 20.4 Å². The van der Waals surface area contributed by atoms with E-state index in [-0.39, 0.29) is 42.7 Å². The summed E-state index contributed by atoms with van der Waals surface area (Å²) in [7, 11) is 0. The Bertz CT molecular complexity index is 85.0. The molecule has 0 aromatic heterocycles. The minimum absolute atomic E-state index is 0. The summed E-state index contributed by atoms with van der Waals surface area (Å²) in [4.78, 5) is 0. The van der Waals surface area contributed by atoms with Crippen LogP contribution in [0.1, 0.15) is 0 Å². The summed E-state index contributed by atoms with van der Waals surface area (Å²) in [5.74, 6) is 0. The van der Waals surface area contributed by atoms with Gasteiger partial charge in [0.2, 0.25) is 0 Å². The maximum Gasteiger partial charge on any atom is 2.00 e. The van der Waals surface area contributed by atoms with Crippen molar-refractivity contribution in [1.29, 1.82) is 0 Å². The molecule has 1 rings (SSSR count). The first-order valence-electron chi connectivity index (χ1n) is 1.91. The molecule has 0 aliphatic carbocycles. The van der Waals surface area contributed by atoms with Gasteiger partial charge in [0.1, 0.15) is 0 Å². The van der Waals surface area contributed by atoms with E-state index >= 15 is 0 Å². The Morgan fingerprint density at radius 2 is 1.33 bits per heavy atom. The van der Waals surface area contributed by atoms with Crippen LogP contribution >= 0.6 is 9.90 Å². The molecule has 1 atom stereocenters. The van der Waals surface area contributed by atoms with Crippen LogP contribution < -0.4 is 12.4 Å². The van der Waals surface area contributed by atoms with Gasteiger partial charge in [0.25, 0.3) is 0 Å². The topological polar surface area (TPSA) is 0 Å². The van der Waals surface area contributed by atoms with E-state index in [1.165, 1.54) is 0 Å². The van der Waals surface area contributed by atoms with Crippen LogP contribution in [0.2, 0.25) is 0 Å². The van der Waals surface area contributed by atoms with Gasteiger partial charge in [-0.05, 0) is 0 Å². The number of hydrogen-bond donors (Lipinski definition) is 0. The van der Waals surface area contributed by atoms with E-state index in [1.807, 2.05) is 30.3 Å². The Morgan fingerprint density at radius 3 is 1.44 bits per heavy atom. The zero-order valence-electron chi connectivity index (χ0n) is 4.79. The number of rotatable bonds is 0. The fourth-order valence-electron chi connectivity index (χ4n) is 0.342. The fraction of sp³-hybridized carbons (Fsp3) is 0. The quantitative estimate of drug-likeness (QED) is 0.301. The summed E-state index contributed by atoms with van der Waals surface area (Å²) in [5.41, 5.74) is 0. The van der Waals surface area contributed by atoms with Crippen molar-refractivity contribution in [2.45, 2.75) is 0 Å². The van der Waals surface area contributed by atoms with Crippen LogP contribution in [0.25, 0.3) is 0 Å². The predicted molar refractivity (Wildman–Crippen MR) is 36.4 cm³/mol. The molecule has 1 aromatic rings. The van der Waals surface area contributed by atoms with Crippen LogP contribution in [0, 0.1) is 6.07 Å². The second-order valence-electron chi connectivity index (χ2n) is 1.08. The summed E-state index contributed by atoms with van der Waals surface area (Å²) >= 11 is 0. The molecule has 0 fully saturated rings. The number of halogens is 1. The first-order valence-corrected chi connectivity index (χ1v) is 1.91. The molecular weight excluding hydrogens is 245 g/mol. The summed E-state index contributed by atoms with van der Waals surface area (Å²) < 4.78 is 0. The third-order valence-corrected chi connectivity index (χ3v) is 0.607. The third-order valence-electron chi connectivity index (χ3n) is 0.607. The van der Waals surface area contributed by atoms with Gasteiger partial charge >= 0.3 is 20.4 Å². The van der Waals surface area contributed by atoms with Crippen LogP contribution in [0.5, 0.6) is 0 Å². The van der Waals surface area contributed by atoms with Gasteiger partial charge in [-0.15, -0.1) is 0 Å². The summed E-state index contributed by atoms with van der Waals surface area (Å²) in [5, 5.41) is 0. The fourth-order valence-corrected chi connectivity index (χ4v) is 0.342. The molecule has 54 valence electrons. The Morgan fingerprint density at radius 1 is 0.889 bits per heavy atom. The third kappa shape index (κ3) is 8.60. The average Bonchev–Trinajstić information content (AvgIpc) is 1.72. The molecule has 0 saturated heterocycles. The monoisotopic (exact) mass is 252 g/mol. The molecular formula is C6H8ClPPd. The molecule has 0 radical (unpaired) electrons. The van der Waals surface area contributed by atoms with Crippen molar-refractivity contribution in [3.05, 3.63) is 36.4 Å². The van der Waals surface area contributed by atoms with Crippen LogP contribution in [-0.4, -0.2) is 0 Å². The van der Waals surface area contributed by atoms with Crippen molar-refractivity contribution in [2.24, 2.45) is 0 Å². The van der Waals surface area contributed by atoms with Gasteiger partial charge in [-0.25, -0.2) is 0 Å².